The van der Waals surface area contributed by atoms with Crippen LogP contribution in [0.4, 0.5) is 0 Å². The zero-order chi connectivity index (χ0) is 8.16. The Labute approximate surface area is 73.2 Å². The van der Waals surface area contributed by atoms with E-state index in [1.54, 1.807) is 0 Å². The molecule has 0 aromatic rings. The van der Waals surface area contributed by atoms with Crippen LogP contribution in [0.1, 0.15) is 0 Å². The van der Waals surface area contributed by atoms with Crippen LogP contribution in [0.25, 0.3) is 0 Å². The van der Waals surface area contributed by atoms with Gasteiger partial charge in [-0.3, -0.25) is 0 Å². The van der Waals surface area contributed by atoms with E-state index in [0.29, 0.717) is 0 Å². The maximum Gasteiger partial charge on any atom is 0.361 e. The molecule has 64 valence electrons. The minimum absolute atomic E-state index is 0.805. The van der Waals surface area contributed by atoms with Gasteiger partial charge < -0.3 is 8.85 Å². The average Bonchev–Trinajstić information content (AvgIpc) is 1.98. The molecular weight excluding hydrogens is 176 g/mol. The maximum absolute atomic E-state index is 5.60. The number of hydrogen-bond acceptors (Lipinski definition) is 3. The minimum atomic E-state index is -1.94. The first kappa shape index (κ1) is 9.32. The second-order valence-electron chi connectivity index (χ2n) is 2.53. The lowest BCUT2D eigenvalue weighted by molar-refractivity contribution is 0.200. The van der Waals surface area contributed by atoms with Crippen LogP contribution in [-0.4, -0.2) is 33.3 Å². The first-order valence-corrected chi connectivity index (χ1v) is 7.31. The second-order valence-corrected chi connectivity index (χ2v) is 6.77. The third-order valence-corrected chi connectivity index (χ3v) is 4.81. The standard InChI is InChI=1S/C7H14O2SSi/c1-3-11(2)8-4-6-10-7-5-9-11/h3H,1,4-7H2,2H3. The summed E-state index contributed by atoms with van der Waals surface area (Å²) in [5.41, 5.74) is 1.85. The van der Waals surface area contributed by atoms with Crippen molar-refractivity contribution in [1.82, 2.24) is 0 Å². The van der Waals surface area contributed by atoms with E-state index < -0.39 is 8.56 Å². The van der Waals surface area contributed by atoms with Crippen molar-refractivity contribution >= 4 is 20.3 Å². The summed E-state index contributed by atoms with van der Waals surface area (Å²) in [5, 5.41) is 0. The number of hydrogen-bond donors (Lipinski definition) is 0. The Balaban J connectivity index is 2.43. The molecular formula is C7H14O2SSi. The lowest BCUT2D eigenvalue weighted by Gasteiger charge is -2.25. The van der Waals surface area contributed by atoms with E-state index in [1.807, 2.05) is 24.0 Å². The molecule has 0 N–H and O–H groups in total. The molecule has 1 heterocycles. The summed E-state index contributed by atoms with van der Waals surface area (Å²) in [7, 11) is -1.94. The second kappa shape index (κ2) is 4.30. The molecule has 0 radical (unpaired) electrons. The summed E-state index contributed by atoms with van der Waals surface area (Å²) in [4.78, 5) is 0. The zero-order valence-corrected chi connectivity index (χ0v) is 8.65. The number of rotatable bonds is 1. The van der Waals surface area contributed by atoms with Gasteiger partial charge in [0.1, 0.15) is 0 Å². The van der Waals surface area contributed by atoms with Gasteiger partial charge in [0, 0.05) is 24.7 Å². The molecule has 1 rings (SSSR count). The lowest BCUT2D eigenvalue weighted by atomic mass is 10.9. The fourth-order valence-electron chi connectivity index (χ4n) is 0.868. The van der Waals surface area contributed by atoms with Gasteiger partial charge in [-0.2, -0.15) is 11.8 Å². The van der Waals surface area contributed by atoms with Crippen molar-refractivity contribution < 1.29 is 8.85 Å². The summed E-state index contributed by atoms with van der Waals surface area (Å²) in [6, 6.07) is 0. The molecule has 0 unspecified atom stereocenters. The van der Waals surface area contributed by atoms with E-state index in [1.165, 1.54) is 0 Å². The highest BCUT2D eigenvalue weighted by molar-refractivity contribution is 7.99. The van der Waals surface area contributed by atoms with E-state index in [4.69, 9.17) is 8.85 Å². The van der Waals surface area contributed by atoms with E-state index in [0.717, 1.165) is 24.7 Å². The van der Waals surface area contributed by atoms with Crippen LogP contribution in [0.3, 0.4) is 0 Å². The van der Waals surface area contributed by atoms with Crippen molar-refractivity contribution in [3.63, 3.8) is 0 Å². The van der Waals surface area contributed by atoms with E-state index in [2.05, 4.69) is 6.58 Å². The summed E-state index contributed by atoms with van der Waals surface area (Å²) in [5.74, 6) is 2.17. The maximum atomic E-state index is 5.60. The third kappa shape index (κ3) is 2.99. The van der Waals surface area contributed by atoms with Crippen molar-refractivity contribution in [3.8, 4) is 0 Å². The third-order valence-electron chi connectivity index (χ3n) is 1.60. The molecule has 0 spiro atoms. The van der Waals surface area contributed by atoms with Crippen LogP contribution in [0.5, 0.6) is 0 Å². The highest BCUT2D eigenvalue weighted by Gasteiger charge is 2.27. The molecule has 0 saturated carbocycles. The Bertz CT molecular complexity index is 132. The zero-order valence-electron chi connectivity index (χ0n) is 6.84. The van der Waals surface area contributed by atoms with Crippen molar-refractivity contribution in [2.45, 2.75) is 6.55 Å². The summed E-state index contributed by atoms with van der Waals surface area (Å²) >= 11 is 1.88. The number of thioether (sulfide) groups is 1. The van der Waals surface area contributed by atoms with Crippen LogP contribution in [-0.2, 0) is 8.85 Å². The SMILES string of the molecule is C=C[Si]1(C)OCCSCCO1. The summed E-state index contributed by atoms with van der Waals surface area (Å²) in [6.07, 6.45) is 0. The highest BCUT2D eigenvalue weighted by atomic mass is 32.2. The molecule has 1 aliphatic heterocycles. The largest absolute Gasteiger partial charge is 0.391 e. The van der Waals surface area contributed by atoms with Gasteiger partial charge >= 0.3 is 8.56 Å². The summed E-state index contributed by atoms with van der Waals surface area (Å²) in [6.45, 7) is 7.38. The van der Waals surface area contributed by atoms with Crippen LogP contribution in [0.2, 0.25) is 6.55 Å². The van der Waals surface area contributed by atoms with E-state index in [9.17, 15) is 0 Å². The Kier molecular flexibility index (Phi) is 3.64. The van der Waals surface area contributed by atoms with Gasteiger partial charge in [-0.15, -0.1) is 6.58 Å². The molecule has 0 aromatic carbocycles. The molecule has 0 aliphatic carbocycles. The first-order chi connectivity index (χ1) is 5.27. The van der Waals surface area contributed by atoms with Gasteiger partial charge in [-0.05, 0) is 12.2 Å². The van der Waals surface area contributed by atoms with Gasteiger partial charge in [0.25, 0.3) is 0 Å². The molecule has 4 heteroatoms. The van der Waals surface area contributed by atoms with Crippen LogP contribution < -0.4 is 0 Å². The minimum Gasteiger partial charge on any atom is -0.391 e. The average molecular weight is 190 g/mol. The smallest absolute Gasteiger partial charge is 0.361 e. The normalized spacial score (nSPS) is 25.2. The molecule has 0 amide bonds. The molecule has 1 fully saturated rings. The molecule has 1 aliphatic rings. The van der Waals surface area contributed by atoms with Gasteiger partial charge in [0.15, 0.2) is 0 Å². The summed E-state index contributed by atoms with van der Waals surface area (Å²) < 4.78 is 11.2. The Morgan fingerprint density at radius 3 is 2.36 bits per heavy atom. The molecule has 2 nitrogen and oxygen atoms in total. The molecule has 0 atom stereocenters. The monoisotopic (exact) mass is 190 g/mol. The predicted molar refractivity (Wildman–Crippen MR) is 51.0 cm³/mol. The van der Waals surface area contributed by atoms with Gasteiger partial charge in [-0.1, -0.05) is 0 Å². The molecule has 0 bridgehead atoms. The van der Waals surface area contributed by atoms with Crippen molar-refractivity contribution in [1.29, 1.82) is 0 Å². The molecule has 0 aromatic heterocycles. The van der Waals surface area contributed by atoms with Gasteiger partial charge in [0.2, 0.25) is 0 Å². The fourth-order valence-corrected chi connectivity index (χ4v) is 3.10. The Morgan fingerprint density at radius 2 is 1.91 bits per heavy atom. The fraction of sp³-hybridized carbons (Fsp3) is 0.714. The van der Waals surface area contributed by atoms with Crippen molar-refractivity contribution in [2.75, 3.05) is 24.7 Å². The van der Waals surface area contributed by atoms with Crippen molar-refractivity contribution in [2.24, 2.45) is 0 Å². The van der Waals surface area contributed by atoms with Crippen LogP contribution in [0, 0.1) is 0 Å². The Hall–Kier alpha value is 0.227. The Morgan fingerprint density at radius 1 is 1.36 bits per heavy atom. The van der Waals surface area contributed by atoms with E-state index >= 15 is 0 Å². The van der Waals surface area contributed by atoms with Gasteiger partial charge in [0.05, 0.1) is 0 Å². The first-order valence-electron chi connectivity index (χ1n) is 3.76. The van der Waals surface area contributed by atoms with Crippen LogP contribution >= 0.6 is 11.8 Å². The highest BCUT2D eigenvalue weighted by Crippen LogP contribution is 2.13. The lowest BCUT2D eigenvalue weighted by Crippen LogP contribution is -2.39. The topological polar surface area (TPSA) is 18.5 Å². The molecule has 11 heavy (non-hydrogen) atoms. The quantitative estimate of drug-likeness (QED) is 0.585. The van der Waals surface area contributed by atoms with Gasteiger partial charge in [-0.25, -0.2) is 0 Å². The van der Waals surface area contributed by atoms with Crippen LogP contribution in [0.15, 0.2) is 12.3 Å². The van der Waals surface area contributed by atoms with E-state index in [-0.39, 0.29) is 0 Å². The molecule has 1 saturated heterocycles. The predicted octanol–water partition coefficient (Wildman–Crippen LogP) is 1.56. The van der Waals surface area contributed by atoms with Crippen molar-refractivity contribution in [3.05, 3.63) is 12.3 Å².